The van der Waals surface area contributed by atoms with Gasteiger partial charge in [0.05, 0.1) is 17.8 Å². The van der Waals surface area contributed by atoms with Crippen molar-refractivity contribution in [3.8, 4) is 11.1 Å². The van der Waals surface area contributed by atoms with Crippen molar-refractivity contribution in [1.29, 1.82) is 0 Å². The van der Waals surface area contributed by atoms with Crippen molar-refractivity contribution in [2.75, 3.05) is 24.7 Å². The van der Waals surface area contributed by atoms with E-state index in [9.17, 15) is 4.79 Å². The molecule has 3 aromatic rings. The topological polar surface area (TPSA) is 71.1 Å². The highest BCUT2D eigenvalue weighted by atomic mass is 16.5. The molecule has 5 rings (SSSR count). The number of nitrogens with zero attached hydrogens (tertiary/aromatic N) is 3. The van der Waals surface area contributed by atoms with Gasteiger partial charge in [-0.15, -0.1) is 0 Å². The average molecular weight is 362 g/mol. The van der Waals surface area contributed by atoms with Gasteiger partial charge >= 0.3 is 0 Å². The van der Waals surface area contributed by atoms with Gasteiger partial charge in [0.15, 0.2) is 0 Å². The van der Waals surface area contributed by atoms with Crippen LogP contribution in [-0.2, 0) is 16.0 Å². The lowest BCUT2D eigenvalue weighted by Crippen LogP contribution is -2.34. The summed E-state index contributed by atoms with van der Waals surface area (Å²) in [6.07, 6.45) is 6.19. The van der Waals surface area contributed by atoms with Crippen LogP contribution in [0.25, 0.3) is 22.2 Å². The molecular formula is C21H22N4O2. The molecule has 0 spiro atoms. The maximum absolute atomic E-state index is 12.6. The first-order valence-corrected chi connectivity index (χ1v) is 9.51. The second-order valence-corrected chi connectivity index (χ2v) is 7.46. The molecule has 0 radical (unpaired) electrons. The molecule has 138 valence electrons. The number of hydrogen-bond acceptors (Lipinski definition) is 4. The minimum atomic E-state index is 0.153. The summed E-state index contributed by atoms with van der Waals surface area (Å²) in [5.74, 6) is 0.649. The van der Waals surface area contributed by atoms with Crippen LogP contribution in [0, 0.1) is 12.8 Å². The number of H-pyrrole nitrogens is 1. The number of anilines is 1. The first-order chi connectivity index (χ1) is 13.2. The Labute approximate surface area is 157 Å². The van der Waals surface area contributed by atoms with Gasteiger partial charge in [0.25, 0.3) is 0 Å². The third-order valence-corrected chi connectivity index (χ3v) is 5.67. The Kier molecular flexibility index (Phi) is 3.93. The van der Waals surface area contributed by atoms with Gasteiger partial charge in [0.1, 0.15) is 5.65 Å². The van der Waals surface area contributed by atoms with Crippen LogP contribution in [0.4, 0.5) is 5.69 Å². The molecule has 1 fully saturated rings. The Hall–Kier alpha value is -2.73. The van der Waals surface area contributed by atoms with Gasteiger partial charge in [-0.2, -0.15) is 0 Å². The minimum absolute atomic E-state index is 0.153. The normalized spacial score (nSPS) is 17.7. The Morgan fingerprint density at radius 1 is 1.30 bits per heavy atom. The number of amides is 1. The van der Waals surface area contributed by atoms with Gasteiger partial charge in [0, 0.05) is 54.4 Å². The van der Waals surface area contributed by atoms with E-state index in [0.717, 1.165) is 71.8 Å². The summed E-state index contributed by atoms with van der Waals surface area (Å²) in [6.45, 7) is 4.34. The number of pyridine rings is 2. The van der Waals surface area contributed by atoms with E-state index >= 15 is 0 Å². The number of aromatic nitrogens is 3. The van der Waals surface area contributed by atoms with Gasteiger partial charge < -0.3 is 14.6 Å². The van der Waals surface area contributed by atoms with E-state index in [2.05, 4.69) is 22.1 Å². The molecule has 0 saturated carbocycles. The van der Waals surface area contributed by atoms with E-state index in [1.165, 1.54) is 0 Å². The Morgan fingerprint density at radius 2 is 2.15 bits per heavy atom. The first kappa shape index (κ1) is 16.4. The molecule has 27 heavy (non-hydrogen) atoms. The standard InChI is InChI=1S/C21H22N4O2/c1-13-17(16-8-15-2-5-22-21(15)23-11-16)9-19-18(24-13)10-20(26)25(19)12-14-3-6-27-7-4-14/h2,5,8-9,11,14H,3-4,6-7,10,12H2,1H3,(H,22,23). The molecule has 6 nitrogen and oxygen atoms in total. The summed E-state index contributed by atoms with van der Waals surface area (Å²) < 4.78 is 5.46. The third kappa shape index (κ3) is 2.90. The maximum atomic E-state index is 12.6. The van der Waals surface area contributed by atoms with Crippen LogP contribution in [0.3, 0.4) is 0 Å². The maximum Gasteiger partial charge on any atom is 0.233 e. The van der Waals surface area contributed by atoms with Gasteiger partial charge in [0.2, 0.25) is 5.91 Å². The predicted molar refractivity (Wildman–Crippen MR) is 104 cm³/mol. The molecule has 1 N–H and O–H groups in total. The number of rotatable bonds is 3. The van der Waals surface area contributed by atoms with Crippen molar-refractivity contribution in [1.82, 2.24) is 15.0 Å². The number of carbonyl (C=O) groups excluding carboxylic acids is 1. The number of hydrogen-bond donors (Lipinski definition) is 1. The molecule has 0 aromatic carbocycles. The fraction of sp³-hybridized carbons (Fsp3) is 0.381. The Balaban J connectivity index is 1.52. The first-order valence-electron chi connectivity index (χ1n) is 9.51. The predicted octanol–water partition coefficient (Wildman–Crippen LogP) is 3.25. The highest BCUT2D eigenvalue weighted by molar-refractivity contribution is 6.01. The van der Waals surface area contributed by atoms with E-state index in [-0.39, 0.29) is 5.91 Å². The van der Waals surface area contributed by atoms with Gasteiger partial charge in [-0.1, -0.05) is 0 Å². The number of ether oxygens (including phenoxy) is 1. The lowest BCUT2D eigenvalue weighted by atomic mass is 9.99. The van der Waals surface area contributed by atoms with Crippen LogP contribution in [-0.4, -0.2) is 40.6 Å². The van der Waals surface area contributed by atoms with Gasteiger partial charge in [-0.05, 0) is 43.9 Å². The fourth-order valence-corrected chi connectivity index (χ4v) is 4.15. The van der Waals surface area contributed by atoms with E-state index in [4.69, 9.17) is 9.72 Å². The summed E-state index contributed by atoms with van der Waals surface area (Å²) in [5, 5.41) is 1.07. The molecule has 1 amide bonds. The summed E-state index contributed by atoms with van der Waals surface area (Å²) in [4.78, 5) is 27.0. The lowest BCUT2D eigenvalue weighted by molar-refractivity contribution is -0.117. The molecule has 2 aliphatic heterocycles. The zero-order valence-electron chi connectivity index (χ0n) is 15.4. The highest BCUT2D eigenvalue weighted by Gasteiger charge is 2.32. The molecule has 0 atom stereocenters. The Morgan fingerprint density at radius 3 is 3.00 bits per heavy atom. The van der Waals surface area contributed by atoms with E-state index in [0.29, 0.717) is 12.3 Å². The van der Waals surface area contributed by atoms with Crippen LogP contribution in [0.1, 0.15) is 24.2 Å². The molecular weight excluding hydrogens is 340 g/mol. The fourth-order valence-electron chi connectivity index (χ4n) is 4.15. The zero-order chi connectivity index (χ0) is 18.4. The summed E-state index contributed by atoms with van der Waals surface area (Å²) in [5.41, 5.74) is 5.73. The monoisotopic (exact) mass is 362 g/mol. The van der Waals surface area contributed by atoms with Crippen LogP contribution >= 0.6 is 0 Å². The second kappa shape index (κ2) is 6.46. The molecule has 2 aliphatic rings. The van der Waals surface area contributed by atoms with E-state index in [1.807, 2.05) is 30.3 Å². The van der Waals surface area contributed by atoms with Crippen molar-refractivity contribution in [2.24, 2.45) is 5.92 Å². The van der Waals surface area contributed by atoms with Crippen molar-refractivity contribution < 1.29 is 9.53 Å². The van der Waals surface area contributed by atoms with Crippen LogP contribution < -0.4 is 4.90 Å². The molecule has 0 unspecified atom stereocenters. The summed E-state index contributed by atoms with van der Waals surface area (Å²) in [7, 11) is 0. The molecule has 0 bridgehead atoms. The lowest BCUT2D eigenvalue weighted by Gasteiger charge is -2.27. The van der Waals surface area contributed by atoms with Crippen LogP contribution in [0.5, 0.6) is 0 Å². The minimum Gasteiger partial charge on any atom is -0.381 e. The number of aryl methyl sites for hydroxylation is 1. The highest BCUT2D eigenvalue weighted by Crippen LogP contribution is 2.35. The van der Waals surface area contributed by atoms with Gasteiger partial charge in [-0.25, -0.2) is 4.98 Å². The SMILES string of the molecule is Cc1nc2c(cc1-c1cnc3[nH]ccc3c1)N(CC1CCOCC1)C(=O)C2. The van der Waals surface area contributed by atoms with Crippen LogP contribution in [0.2, 0.25) is 0 Å². The Bertz CT molecular complexity index is 1020. The van der Waals surface area contributed by atoms with Gasteiger partial charge in [-0.3, -0.25) is 9.78 Å². The summed E-state index contributed by atoms with van der Waals surface area (Å²) >= 11 is 0. The average Bonchev–Trinajstić information content (AvgIpc) is 3.26. The molecule has 3 aromatic heterocycles. The molecule has 1 saturated heterocycles. The number of fused-ring (bicyclic) bond motifs is 2. The molecule has 0 aliphatic carbocycles. The van der Waals surface area contributed by atoms with Crippen molar-refractivity contribution in [2.45, 2.75) is 26.2 Å². The third-order valence-electron chi connectivity index (χ3n) is 5.67. The number of nitrogens with one attached hydrogen (secondary N) is 1. The quantitative estimate of drug-likeness (QED) is 0.776. The van der Waals surface area contributed by atoms with E-state index < -0.39 is 0 Å². The van der Waals surface area contributed by atoms with Crippen molar-refractivity contribution >= 4 is 22.6 Å². The molecule has 6 heteroatoms. The second-order valence-electron chi connectivity index (χ2n) is 7.46. The number of aromatic amines is 1. The van der Waals surface area contributed by atoms with E-state index in [1.54, 1.807) is 0 Å². The molecule has 5 heterocycles. The zero-order valence-corrected chi connectivity index (χ0v) is 15.4. The summed E-state index contributed by atoms with van der Waals surface area (Å²) in [6, 6.07) is 6.26. The van der Waals surface area contributed by atoms with Crippen molar-refractivity contribution in [3.05, 3.63) is 42.0 Å². The van der Waals surface area contributed by atoms with Crippen LogP contribution in [0.15, 0.2) is 30.6 Å². The number of carbonyl (C=O) groups is 1. The van der Waals surface area contributed by atoms with Crippen molar-refractivity contribution in [3.63, 3.8) is 0 Å². The smallest absolute Gasteiger partial charge is 0.233 e. The largest absolute Gasteiger partial charge is 0.381 e.